The van der Waals surface area contributed by atoms with Crippen LogP contribution in [-0.2, 0) is 0 Å². The van der Waals surface area contributed by atoms with Crippen molar-refractivity contribution in [2.75, 3.05) is 0 Å². The van der Waals surface area contributed by atoms with Crippen LogP contribution in [0.15, 0.2) is 71.8 Å². The van der Waals surface area contributed by atoms with Gasteiger partial charge in [-0.2, -0.15) is 5.10 Å². The molecule has 1 aliphatic heterocycles. The summed E-state index contributed by atoms with van der Waals surface area (Å²) in [5, 5.41) is 17.7. The number of hydrogen-bond acceptors (Lipinski definition) is 4. The average Bonchev–Trinajstić information content (AvgIpc) is 3.04. The molecule has 1 aliphatic rings. The lowest BCUT2D eigenvalue weighted by atomic mass is 10.1. The molecule has 1 atom stereocenters. The minimum atomic E-state index is 0.0687. The van der Waals surface area contributed by atoms with Crippen molar-refractivity contribution in [2.24, 2.45) is 5.10 Å². The zero-order valence-corrected chi connectivity index (χ0v) is 12.5. The number of para-hydroxylation sites is 1. The fourth-order valence-electron chi connectivity index (χ4n) is 2.57. The highest BCUT2D eigenvalue weighted by molar-refractivity contribution is 8.14. The fourth-order valence-corrected chi connectivity index (χ4v) is 3.59. The molecule has 2 N–H and O–H groups in total. The van der Waals surface area contributed by atoms with E-state index in [1.54, 1.807) is 17.8 Å². The second kappa shape index (κ2) is 5.39. The Morgan fingerprint density at radius 2 is 1.68 bits per heavy atom. The molecule has 0 fully saturated rings. The first-order valence-corrected chi connectivity index (χ1v) is 7.96. The predicted octanol–water partition coefficient (Wildman–Crippen LogP) is 4.24. The van der Waals surface area contributed by atoms with Gasteiger partial charge in [-0.1, -0.05) is 60.3 Å². The molecule has 3 aromatic carbocycles. The van der Waals surface area contributed by atoms with Gasteiger partial charge in [0.15, 0.2) is 0 Å². The van der Waals surface area contributed by atoms with Crippen LogP contribution in [0.5, 0.6) is 5.75 Å². The van der Waals surface area contributed by atoms with E-state index in [9.17, 15) is 5.11 Å². The molecule has 108 valence electrons. The lowest BCUT2D eigenvalue weighted by molar-refractivity contribution is 0.474. The lowest BCUT2D eigenvalue weighted by Gasteiger charge is -2.10. The van der Waals surface area contributed by atoms with Crippen LogP contribution < -0.4 is 5.43 Å². The molecule has 0 saturated heterocycles. The van der Waals surface area contributed by atoms with E-state index < -0.39 is 0 Å². The predicted molar refractivity (Wildman–Crippen MR) is 92.1 cm³/mol. The number of fused-ring (bicyclic) bond motifs is 1. The summed E-state index contributed by atoms with van der Waals surface area (Å²) < 4.78 is 0. The van der Waals surface area contributed by atoms with Crippen LogP contribution in [0.3, 0.4) is 0 Å². The summed E-state index contributed by atoms with van der Waals surface area (Å²) in [5.41, 5.74) is 5.10. The fraction of sp³-hybridized carbons (Fsp3) is 0.0556. The maximum absolute atomic E-state index is 9.95. The third-order valence-electron chi connectivity index (χ3n) is 3.72. The highest BCUT2D eigenvalue weighted by Crippen LogP contribution is 2.37. The number of thioether (sulfide) groups is 1. The molecular weight excluding hydrogens is 292 g/mol. The number of hydrogen-bond donors (Lipinski definition) is 2. The molecule has 0 spiro atoms. The van der Waals surface area contributed by atoms with Crippen molar-refractivity contribution in [3.05, 3.63) is 77.9 Å². The molecule has 0 amide bonds. The van der Waals surface area contributed by atoms with Crippen LogP contribution in [0.25, 0.3) is 10.8 Å². The van der Waals surface area contributed by atoms with Gasteiger partial charge in [0.2, 0.25) is 0 Å². The summed E-state index contributed by atoms with van der Waals surface area (Å²) in [5.74, 6) is 0.259. The number of hydrazone groups is 1. The first-order chi connectivity index (χ1) is 10.8. The number of aromatic hydroxyl groups is 1. The van der Waals surface area contributed by atoms with Crippen LogP contribution in [0.4, 0.5) is 0 Å². The van der Waals surface area contributed by atoms with E-state index in [4.69, 9.17) is 0 Å². The van der Waals surface area contributed by atoms with Crippen LogP contribution in [0, 0.1) is 0 Å². The monoisotopic (exact) mass is 306 g/mol. The molecule has 0 bridgehead atoms. The Labute approximate surface area is 132 Å². The van der Waals surface area contributed by atoms with Gasteiger partial charge in [-0.3, -0.25) is 5.43 Å². The second-order valence-electron chi connectivity index (χ2n) is 5.17. The van der Waals surface area contributed by atoms with E-state index >= 15 is 0 Å². The minimum absolute atomic E-state index is 0.0687. The lowest BCUT2D eigenvalue weighted by Crippen LogP contribution is -2.06. The van der Waals surface area contributed by atoms with Gasteiger partial charge >= 0.3 is 0 Å². The van der Waals surface area contributed by atoms with Gasteiger partial charge in [-0.25, -0.2) is 0 Å². The van der Waals surface area contributed by atoms with Crippen molar-refractivity contribution >= 4 is 27.6 Å². The van der Waals surface area contributed by atoms with Crippen LogP contribution >= 0.6 is 11.8 Å². The highest BCUT2D eigenvalue weighted by atomic mass is 32.2. The van der Waals surface area contributed by atoms with Crippen molar-refractivity contribution in [3.8, 4) is 5.75 Å². The Morgan fingerprint density at radius 1 is 0.909 bits per heavy atom. The van der Waals surface area contributed by atoms with Crippen molar-refractivity contribution < 1.29 is 5.11 Å². The zero-order chi connectivity index (χ0) is 14.9. The maximum Gasteiger partial charge on any atom is 0.129 e. The van der Waals surface area contributed by atoms with Crippen molar-refractivity contribution in [1.82, 2.24) is 5.43 Å². The SMILES string of the molecule is Oc1ccccc1C1=NN[C@H](c2ccc3ccccc3c2)S1. The smallest absolute Gasteiger partial charge is 0.129 e. The molecule has 0 unspecified atom stereocenters. The first kappa shape index (κ1) is 13.2. The normalized spacial score (nSPS) is 17.3. The van der Waals surface area contributed by atoms with Gasteiger partial charge < -0.3 is 5.11 Å². The molecule has 0 aromatic heterocycles. The second-order valence-corrected chi connectivity index (χ2v) is 6.26. The molecule has 0 aliphatic carbocycles. The summed E-state index contributed by atoms with van der Waals surface area (Å²) in [4.78, 5) is 0. The summed E-state index contributed by atoms with van der Waals surface area (Å²) >= 11 is 1.62. The average molecular weight is 306 g/mol. The summed E-state index contributed by atoms with van der Waals surface area (Å²) in [6.45, 7) is 0. The third-order valence-corrected chi connectivity index (χ3v) is 4.87. The summed E-state index contributed by atoms with van der Waals surface area (Å²) in [7, 11) is 0. The van der Waals surface area contributed by atoms with Crippen LogP contribution in [-0.4, -0.2) is 10.2 Å². The maximum atomic E-state index is 9.95. The van der Waals surface area contributed by atoms with Gasteiger partial charge in [0.05, 0.1) is 5.56 Å². The van der Waals surface area contributed by atoms with Crippen molar-refractivity contribution in [2.45, 2.75) is 5.37 Å². The van der Waals surface area contributed by atoms with E-state index in [1.807, 2.05) is 30.3 Å². The van der Waals surface area contributed by atoms with Gasteiger partial charge in [0.1, 0.15) is 16.2 Å². The number of phenols is 1. The van der Waals surface area contributed by atoms with Crippen molar-refractivity contribution in [3.63, 3.8) is 0 Å². The molecule has 4 heteroatoms. The van der Waals surface area contributed by atoms with E-state index in [2.05, 4.69) is 40.9 Å². The Morgan fingerprint density at radius 3 is 2.55 bits per heavy atom. The molecule has 4 rings (SSSR count). The highest BCUT2D eigenvalue weighted by Gasteiger charge is 2.23. The Bertz CT molecular complexity index is 876. The van der Waals surface area contributed by atoms with Gasteiger partial charge in [0.25, 0.3) is 0 Å². The minimum Gasteiger partial charge on any atom is -0.507 e. The molecular formula is C18H14N2OS. The summed E-state index contributed by atoms with van der Waals surface area (Å²) in [6.07, 6.45) is 0. The zero-order valence-electron chi connectivity index (χ0n) is 11.7. The molecule has 0 saturated carbocycles. The molecule has 22 heavy (non-hydrogen) atoms. The first-order valence-electron chi connectivity index (χ1n) is 7.08. The Hall–Kier alpha value is -2.46. The molecule has 3 nitrogen and oxygen atoms in total. The van der Waals surface area contributed by atoms with E-state index in [1.165, 1.54) is 16.3 Å². The Kier molecular flexibility index (Phi) is 3.24. The van der Waals surface area contributed by atoms with Gasteiger partial charge in [0, 0.05) is 0 Å². The number of benzene rings is 3. The standard InChI is InChI=1S/C18H14N2OS/c21-16-8-4-3-7-15(16)18-20-19-17(22-18)14-10-9-12-5-1-2-6-13(12)11-14/h1-11,17,19,21H/t17-/m0/s1. The van der Waals surface area contributed by atoms with Crippen LogP contribution in [0.1, 0.15) is 16.5 Å². The number of nitrogens with one attached hydrogen (secondary N) is 1. The number of rotatable bonds is 2. The van der Waals surface area contributed by atoms with Gasteiger partial charge in [-0.05, 0) is 34.5 Å². The molecule has 0 radical (unpaired) electrons. The van der Waals surface area contributed by atoms with Crippen molar-refractivity contribution in [1.29, 1.82) is 0 Å². The van der Waals surface area contributed by atoms with E-state index in [-0.39, 0.29) is 11.1 Å². The number of phenolic OH excluding ortho intramolecular Hbond substituents is 1. The third kappa shape index (κ3) is 2.31. The van der Waals surface area contributed by atoms with E-state index in [0.29, 0.717) is 0 Å². The quantitative estimate of drug-likeness (QED) is 0.744. The summed E-state index contributed by atoms with van der Waals surface area (Å²) in [6, 6.07) is 22.0. The van der Waals surface area contributed by atoms with Crippen LogP contribution in [0.2, 0.25) is 0 Å². The topological polar surface area (TPSA) is 44.6 Å². The Balaban J connectivity index is 1.62. The van der Waals surface area contributed by atoms with Gasteiger partial charge in [-0.15, -0.1) is 0 Å². The largest absolute Gasteiger partial charge is 0.507 e. The molecule has 1 heterocycles. The van der Waals surface area contributed by atoms with E-state index in [0.717, 1.165) is 10.6 Å². The molecule has 3 aromatic rings. The number of nitrogens with zero attached hydrogens (tertiary/aromatic N) is 1.